The quantitative estimate of drug-likeness (QED) is 0.882. The number of anilines is 1. The van der Waals surface area contributed by atoms with Gasteiger partial charge in [-0.05, 0) is 48.6 Å². The molecule has 4 rings (SSSR count). The molecule has 0 aliphatic carbocycles. The lowest BCUT2D eigenvalue weighted by Gasteiger charge is -2.25. The number of fused-ring (bicyclic) bond motifs is 1. The summed E-state index contributed by atoms with van der Waals surface area (Å²) >= 11 is 6.15. The second-order valence-corrected chi connectivity index (χ2v) is 7.96. The van der Waals surface area contributed by atoms with Crippen LogP contribution in [0, 0.1) is 5.92 Å². The topological polar surface area (TPSA) is 45.2 Å². The maximum Gasteiger partial charge on any atom is 0.255 e. The second-order valence-electron chi connectivity index (χ2n) is 7.52. The van der Waals surface area contributed by atoms with Gasteiger partial charge >= 0.3 is 0 Å². The smallest absolute Gasteiger partial charge is 0.255 e. The summed E-state index contributed by atoms with van der Waals surface area (Å²) in [5.41, 5.74) is 2.63. The number of pyridine rings is 1. The molecule has 1 fully saturated rings. The van der Waals surface area contributed by atoms with Crippen LogP contribution >= 0.6 is 11.6 Å². The van der Waals surface area contributed by atoms with E-state index in [2.05, 4.69) is 30.2 Å². The molecule has 1 aromatic carbocycles. The van der Waals surface area contributed by atoms with Crippen molar-refractivity contribution >= 4 is 23.3 Å². The summed E-state index contributed by atoms with van der Waals surface area (Å²) in [6.07, 6.45) is 3.56. The molecular formula is C20H22ClN3O. The lowest BCUT2D eigenvalue weighted by Crippen LogP contribution is -2.29. The first-order valence-electron chi connectivity index (χ1n) is 8.77. The Morgan fingerprint density at radius 3 is 2.96 bits per heavy atom. The number of carbonyl (C=O) groups is 1. The van der Waals surface area contributed by atoms with Crippen molar-refractivity contribution in [2.75, 3.05) is 18.4 Å². The van der Waals surface area contributed by atoms with Gasteiger partial charge in [0.2, 0.25) is 0 Å². The Bertz CT molecular complexity index is 837. The molecule has 4 nitrogen and oxygen atoms in total. The van der Waals surface area contributed by atoms with Crippen molar-refractivity contribution in [3.05, 3.63) is 58.2 Å². The molecule has 1 saturated heterocycles. The number of aromatic nitrogens is 1. The van der Waals surface area contributed by atoms with E-state index >= 15 is 0 Å². The summed E-state index contributed by atoms with van der Waals surface area (Å²) in [4.78, 5) is 19.2. The van der Waals surface area contributed by atoms with Gasteiger partial charge in [0, 0.05) is 30.7 Å². The van der Waals surface area contributed by atoms with E-state index in [1.165, 1.54) is 0 Å². The van der Waals surface area contributed by atoms with Crippen LogP contribution in [0.4, 0.5) is 5.82 Å². The van der Waals surface area contributed by atoms with E-state index in [0.717, 1.165) is 47.9 Å². The van der Waals surface area contributed by atoms with Crippen LogP contribution in [-0.4, -0.2) is 28.9 Å². The van der Waals surface area contributed by atoms with Crippen molar-refractivity contribution < 1.29 is 4.79 Å². The average molecular weight is 356 g/mol. The minimum absolute atomic E-state index is 0.0935. The van der Waals surface area contributed by atoms with Crippen LogP contribution in [-0.2, 0) is 12.0 Å². The van der Waals surface area contributed by atoms with Gasteiger partial charge in [-0.25, -0.2) is 4.98 Å². The molecule has 1 aromatic heterocycles. The highest BCUT2D eigenvalue weighted by molar-refractivity contribution is 6.30. The largest absolute Gasteiger partial charge is 0.360 e. The third-order valence-electron chi connectivity index (χ3n) is 5.32. The molecule has 5 heteroatoms. The first-order valence-corrected chi connectivity index (χ1v) is 9.15. The van der Waals surface area contributed by atoms with Gasteiger partial charge < -0.3 is 10.2 Å². The number of benzene rings is 1. The Morgan fingerprint density at radius 2 is 2.24 bits per heavy atom. The predicted octanol–water partition coefficient (Wildman–Crippen LogP) is 4.10. The Labute approximate surface area is 153 Å². The minimum atomic E-state index is -0.260. The fraction of sp³-hybridized carbons (Fsp3) is 0.400. The summed E-state index contributed by atoms with van der Waals surface area (Å²) < 4.78 is 0. The lowest BCUT2D eigenvalue weighted by atomic mass is 9.89. The molecular weight excluding hydrogens is 334 g/mol. The number of hydrogen-bond acceptors (Lipinski definition) is 3. The first-order chi connectivity index (χ1) is 11.9. The highest BCUT2D eigenvalue weighted by Gasteiger charge is 2.35. The fourth-order valence-electron chi connectivity index (χ4n) is 3.87. The molecule has 2 atom stereocenters. The Hall–Kier alpha value is -2.07. The summed E-state index contributed by atoms with van der Waals surface area (Å²) in [5.74, 6) is 1.53. The van der Waals surface area contributed by atoms with E-state index in [4.69, 9.17) is 11.6 Å². The zero-order chi connectivity index (χ0) is 17.6. The minimum Gasteiger partial charge on any atom is -0.360 e. The predicted molar refractivity (Wildman–Crippen MR) is 100 cm³/mol. The van der Waals surface area contributed by atoms with Crippen LogP contribution in [0.3, 0.4) is 0 Å². The molecule has 25 heavy (non-hydrogen) atoms. The van der Waals surface area contributed by atoms with Gasteiger partial charge in [0.05, 0.1) is 11.1 Å². The van der Waals surface area contributed by atoms with Crippen molar-refractivity contribution in [3.63, 3.8) is 0 Å². The van der Waals surface area contributed by atoms with Crippen LogP contribution in [0.15, 0.2) is 36.5 Å². The van der Waals surface area contributed by atoms with E-state index in [-0.39, 0.29) is 11.4 Å². The molecule has 2 aliphatic heterocycles. The number of nitrogens with one attached hydrogen (secondary N) is 1. The van der Waals surface area contributed by atoms with Crippen molar-refractivity contribution in [3.8, 4) is 0 Å². The van der Waals surface area contributed by atoms with Crippen molar-refractivity contribution in [1.82, 2.24) is 9.88 Å². The van der Waals surface area contributed by atoms with Crippen molar-refractivity contribution in [2.24, 2.45) is 5.92 Å². The van der Waals surface area contributed by atoms with Gasteiger partial charge in [-0.15, -0.1) is 0 Å². The van der Waals surface area contributed by atoms with Gasteiger partial charge in [-0.1, -0.05) is 30.7 Å². The number of likely N-dealkylation sites (tertiary alicyclic amines) is 1. The Balaban J connectivity index is 1.59. The van der Waals surface area contributed by atoms with Crippen LogP contribution in [0.5, 0.6) is 0 Å². The number of rotatable bonds is 2. The summed E-state index contributed by atoms with van der Waals surface area (Å²) in [6, 6.07) is 9.89. The van der Waals surface area contributed by atoms with E-state index in [1.54, 1.807) is 6.20 Å². The molecule has 0 saturated carbocycles. The van der Waals surface area contributed by atoms with Crippen LogP contribution < -0.4 is 5.32 Å². The number of amides is 1. The molecule has 0 radical (unpaired) electrons. The first kappa shape index (κ1) is 16.4. The molecule has 2 aliphatic rings. The van der Waals surface area contributed by atoms with Crippen molar-refractivity contribution in [1.29, 1.82) is 0 Å². The monoisotopic (exact) mass is 355 g/mol. The van der Waals surface area contributed by atoms with E-state index in [0.29, 0.717) is 11.5 Å². The fourth-order valence-corrected chi connectivity index (χ4v) is 4.06. The second kappa shape index (κ2) is 6.03. The molecule has 0 spiro atoms. The molecule has 1 unspecified atom stereocenters. The zero-order valence-electron chi connectivity index (χ0n) is 14.6. The third-order valence-corrected chi connectivity index (χ3v) is 5.56. The van der Waals surface area contributed by atoms with E-state index < -0.39 is 0 Å². The van der Waals surface area contributed by atoms with Gasteiger partial charge in [0.25, 0.3) is 5.91 Å². The van der Waals surface area contributed by atoms with E-state index in [1.807, 2.05) is 29.2 Å². The van der Waals surface area contributed by atoms with Gasteiger partial charge in [0.1, 0.15) is 5.82 Å². The maximum atomic E-state index is 12.7. The van der Waals surface area contributed by atoms with Gasteiger partial charge in [-0.3, -0.25) is 4.79 Å². The molecule has 1 N–H and O–H groups in total. The molecule has 1 amide bonds. The molecule has 0 bridgehead atoms. The lowest BCUT2D eigenvalue weighted by molar-refractivity contribution is 0.0787. The van der Waals surface area contributed by atoms with Crippen LogP contribution in [0.2, 0.25) is 5.02 Å². The average Bonchev–Trinajstić information content (AvgIpc) is 3.17. The number of halogens is 1. The zero-order valence-corrected chi connectivity index (χ0v) is 15.3. The Morgan fingerprint density at radius 1 is 1.40 bits per heavy atom. The number of hydrogen-bond donors (Lipinski definition) is 1. The molecule has 130 valence electrons. The van der Waals surface area contributed by atoms with Gasteiger partial charge in [0.15, 0.2) is 0 Å². The van der Waals surface area contributed by atoms with Crippen molar-refractivity contribution in [2.45, 2.75) is 32.2 Å². The highest BCUT2D eigenvalue weighted by atomic mass is 35.5. The van der Waals surface area contributed by atoms with Crippen LogP contribution in [0.25, 0.3) is 0 Å². The van der Waals surface area contributed by atoms with Crippen LogP contribution in [0.1, 0.15) is 41.8 Å². The Kier molecular flexibility index (Phi) is 3.95. The number of carbonyl (C=O) groups excluding carboxylic acids is 1. The standard InChI is InChI=1S/C20H22ClN3O/c1-13-6-7-24(12-13)19(25)15-8-14-10-20(2,23-18(14)22-11-15)16-4-3-5-17(21)9-16/h3-5,8-9,11,13H,6-7,10,12H2,1-2H3,(H,22,23)/t13-,20?/m0/s1. The summed E-state index contributed by atoms with van der Waals surface area (Å²) in [6.45, 7) is 6.02. The SMILES string of the molecule is C[C@H]1CCN(C(=O)c2cnc3c(c2)CC(C)(c2cccc(Cl)c2)N3)C1. The molecule has 3 heterocycles. The van der Waals surface area contributed by atoms with Gasteiger partial charge in [-0.2, -0.15) is 0 Å². The summed E-state index contributed by atoms with van der Waals surface area (Å²) in [7, 11) is 0. The maximum absolute atomic E-state index is 12.7. The molecule has 2 aromatic rings. The van der Waals surface area contributed by atoms with E-state index in [9.17, 15) is 4.79 Å². The highest BCUT2D eigenvalue weighted by Crippen LogP contribution is 2.39. The third kappa shape index (κ3) is 2.99. The number of nitrogens with zero attached hydrogens (tertiary/aromatic N) is 2. The normalized spacial score (nSPS) is 24.9. The summed E-state index contributed by atoms with van der Waals surface area (Å²) in [5, 5.41) is 4.23.